The number of nitrogens with one attached hydrogen (secondary N) is 3. The van der Waals surface area contributed by atoms with Gasteiger partial charge < -0.3 is 40.8 Å². The summed E-state index contributed by atoms with van der Waals surface area (Å²) >= 11 is 0. The van der Waals surface area contributed by atoms with Gasteiger partial charge in [0, 0.05) is 70.7 Å². The number of hydrogen-bond acceptors (Lipinski definition) is 12. The Morgan fingerprint density at radius 1 is 0.732 bits per heavy atom. The minimum Gasteiger partial charge on any atom is -0.480 e. The Labute approximate surface area is 331 Å². The molecular weight excluding hydrogens is 730 g/mol. The standard InChI is InChI=1S/C38H67N7O11/c1-37(2,3)25-56-26-38(4,5)36(55)39-14-6-7-31(47)40-28-8-10-29(11-9-28)41-32(48)13-12-30(35(53)54)45-19-17-42(23-33(49)50)15-16-43(21-22-46)27-44(18-20-45)24-34(51)52/h22,28-30H,6-21,23-27H2,1-5H3,(H,39,55)(H,40,47)(H,41,48)(H,49,50)(H,51,52)(H,53,54). The number of aldehydes is 1. The van der Waals surface area contributed by atoms with Crippen molar-refractivity contribution in [3.63, 3.8) is 0 Å². The van der Waals surface area contributed by atoms with Crippen LogP contribution in [0.5, 0.6) is 0 Å². The second-order valence-corrected chi connectivity index (χ2v) is 16.9. The zero-order valence-electron chi connectivity index (χ0n) is 34.1. The molecule has 2 aliphatic rings. The highest BCUT2D eigenvalue weighted by atomic mass is 16.5. The molecule has 1 saturated carbocycles. The quantitative estimate of drug-likeness (QED) is 0.0677. The second-order valence-electron chi connectivity index (χ2n) is 16.9. The molecule has 18 heteroatoms. The van der Waals surface area contributed by atoms with Gasteiger partial charge in [0.1, 0.15) is 12.3 Å². The summed E-state index contributed by atoms with van der Waals surface area (Å²) in [5, 5.41) is 38.1. The number of carboxylic acids is 3. The van der Waals surface area contributed by atoms with Crippen molar-refractivity contribution >= 4 is 41.9 Å². The van der Waals surface area contributed by atoms with Crippen LogP contribution in [0.4, 0.5) is 0 Å². The minimum absolute atomic E-state index is 0.00824. The molecule has 3 amide bonds. The topological polar surface area (TPSA) is 238 Å². The molecule has 0 aromatic heterocycles. The molecule has 1 heterocycles. The summed E-state index contributed by atoms with van der Waals surface area (Å²) in [5.41, 5.74) is -0.679. The van der Waals surface area contributed by atoms with E-state index in [0.29, 0.717) is 64.7 Å². The first-order valence-corrected chi connectivity index (χ1v) is 19.7. The van der Waals surface area contributed by atoms with Gasteiger partial charge in [0.25, 0.3) is 0 Å². The van der Waals surface area contributed by atoms with E-state index < -0.39 is 29.4 Å². The predicted octanol–water partition coefficient (Wildman–Crippen LogP) is 0.296. The maximum atomic E-state index is 13.0. The molecule has 18 nitrogen and oxygen atoms in total. The molecule has 320 valence electrons. The normalized spacial score (nSPS) is 20.6. The van der Waals surface area contributed by atoms with Crippen LogP contribution in [0.25, 0.3) is 0 Å². The van der Waals surface area contributed by atoms with Crippen LogP contribution < -0.4 is 16.0 Å². The molecule has 56 heavy (non-hydrogen) atoms. The van der Waals surface area contributed by atoms with Gasteiger partial charge in [-0.3, -0.25) is 48.4 Å². The fourth-order valence-corrected chi connectivity index (χ4v) is 6.79. The molecule has 1 aliphatic heterocycles. The Bertz CT molecular complexity index is 1300. The highest BCUT2D eigenvalue weighted by Crippen LogP contribution is 2.21. The molecule has 0 aromatic rings. The van der Waals surface area contributed by atoms with Crippen molar-refractivity contribution < 1.29 is 53.6 Å². The predicted molar refractivity (Wildman–Crippen MR) is 207 cm³/mol. The fraction of sp³-hybridized carbons (Fsp3) is 0.816. The Morgan fingerprint density at radius 2 is 1.25 bits per heavy atom. The summed E-state index contributed by atoms with van der Waals surface area (Å²) in [6.45, 7) is 11.9. The molecule has 1 unspecified atom stereocenters. The summed E-state index contributed by atoms with van der Waals surface area (Å²) in [6.07, 6.45) is 4.03. The number of ether oxygens (including phenoxy) is 1. The van der Waals surface area contributed by atoms with Crippen LogP contribution in [0.2, 0.25) is 0 Å². The molecule has 1 aliphatic carbocycles. The molecule has 0 bridgehead atoms. The average Bonchev–Trinajstić information content (AvgIpc) is 3.11. The van der Waals surface area contributed by atoms with Gasteiger partial charge in [-0.25, -0.2) is 0 Å². The Morgan fingerprint density at radius 3 is 1.79 bits per heavy atom. The van der Waals surface area contributed by atoms with E-state index in [2.05, 4.69) is 36.7 Å². The number of carbonyl (C=O) groups is 7. The summed E-state index contributed by atoms with van der Waals surface area (Å²) in [4.78, 5) is 91.9. The van der Waals surface area contributed by atoms with E-state index in [-0.39, 0.29) is 114 Å². The van der Waals surface area contributed by atoms with E-state index in [4.69, 9.17) is 4.74 Å². The van der Waals surface area contributed by atoms with Crippen molar-refractivity contribution in [2.75, 3.05) is 85.3 Å². The van der Waals surface area contributed by atoms with Gasteiger partial charge in [-0.05, 0) is 57.8 Å². The van der Waals surface area contributed by atoms with Gasteiger partial charge in [0.05, 0.1) is 44.9 Å². The summed E-state index contributed by atoms with van der Waals surface area (Å²) in [6, 6.07) is -1.23. The Kier molecular flexibility index (Phi) is 20.9. The molecule has 2 rings (SSSR count). The van der Waals surface area contributed by atoms with Crippen molar-refractivity contribution in [1.29, 1.82) is 0 Å². The smallest absolute Gasteiger partial charge is 0.320 e. The number of nitrogens with zero attached hydrogens (tertiary/aromatic N) is 4. The third-order valence-electron chi connectivity index (χ3n) is 9.90. The zero-order chi connectivity index (χ0) is 41.9. The number of rotatable bonds is 21. The van der Waals surface area contributed by atoms with Gasteiger partial charge >= 0.3 is 17.9 Å². The molecule has 0 spiro atoms. The van der Waals surface area contributed by atoms with Crippen molar-refractivity contribution in [3.05, 3.63) is 0 Å². The maximum absolute atomic E-state index is 13.0. The first-order valence-electron chi connectivity index (χ1n) is 19.7. The monoisotopic (exact) mass is 797 g/mol. The Balaban J connectivity index is 1.84. The first-order chi connectivity index (χ1) is 26.3. The lowest BCUT2D eigenvalue weighted by Crippen LogP contribution is -2.49. The number of carbonyl (C=O) groups excluding carboxylic acids is 4. The van der Waals surface area contributed by atoms with Crippen molar-refractivity contribution in [2.24, 2.45) is 10.8 Å². The lowest BCUT2D eigenvalue weighted by molar-refractivity contribution is -0.145. The van der Waals surface area contributed by atoms with E-state index in [1.54, 1.807) is 19.6 Å². The summed E-state index contributed by atoms with van der Waals surface area (Å²) in [7, 11) is 0. The summed E-state index contributed by atoms with van der Waals surface area (Å²) in [5.74, 6) is -3.79. The largest absolute Gasteiger partial charge is 0.480 e. The summed E-state index contributed by atoms with van der Waals surface area (Å²) < 4.78 is 5.73. The number of amides is 3. The van der Waals surface area contributed by atoms with Crippen LogP contribution in [0.1, 0.15) is 86.0 Å². The lowest BCUT2D eigenvalue weighted by atomic mass is 9.91. The van der Waals surface area contributed by atoms with Crippen LogP contribution >= 0.6 is 0 Å². The SMILES string of the molecule is CC(C)(C)COCC(C)(C)C(=O)NCCCC(=O)NC1CCC(NC(=O)CCC(C(=O)O)N2CCN(CC(=O)O)CCN(CC=O)CN(CC(=O)O)CC2)CC1. The number of aliphatic carboxylic acids is 3. The van der Waals surface area contributed by atoms with Crippen LogP contribution in [-0.4, -0.2) is 180 Å². The molecular formula is C38H67N7O11. The molecule has 0 radical (unpaired) electrons. The highest BCUT2D eigenvalue weighted by Gasteiger charge is 2.31. The van der Waals surface area contributed by atoms with E-state index >= 15 is 0 Å². The van der Waals surface area contributed by atoms with Gasteiger partial charge in [-0.15, -0.1) is 0 Å². The van der Waals surface area contributed by atoms with Crippen LogP contribution in [0.15, 0.2) is 0 Å². The van der Waals surface area contributed by atoms with E-state index in [1.807, 2.05) is 13.8 Å². The number of hydrogen-bond donors (Lipinski definition) is 6. The molecule has 6 N–H and O–H groups in total. The zero-order valence-corrected chi connectivity index (χ0v) is 34.1. The van der Waals surface area contributed by atoms with Crippen molar-refractivity contribution in [3.8, 4) is 0 Å². The van der Waals surface area contributed by atoms with Gasteiger partial charge in [-0.2, -0.15) is 0 Å². The minimum atomic E-state index is -1.14. The van der Waals surface area contributed by atoms with Crippen LogP contribution in [0.3, 0.4) is 0 Å². The van der Waals surface area contributed by atoms with E-state index in [1.165, 1.54) is 0 Å². The fourth-order valence-electron chi connectivity index (χ4n) is 6.79. The van der Waals surface area contributed by atoms with Crippen LogP contribution in [0, 0.1) is 10.8 Å². The van der Waals surface area contributed by atoms with E-state index in [9.17, 15) is 48.9 Å². The second kappa shape index (κ2) is 24.1. The molecule has 2 fully saturated rings. The average molecular weight is 798 g/mol. The maximum Gasteiger partial charge on any atom is 0.320 e. The third-order valence-corrected chi connectivity index (χ3v) is 9.90. The third kappa shape index (κ3) is 19.9. The van der Waals surface area contributed by atoms with E-state index in [0.717, 1.165) is 0 Å². The van der Waals surface area contributed by atoms with Gasteiger partial charge in [0.2, 0.25) is 17.7 Å². The first kappa shape index (κ1) is 48.4. The van der Waals surface area contributed by atoms with Crippen molar-refractivity contribution in [2.45, 2.75) is 104 Å². The van der Waals surface area contributed by atoms with Gasteiger partial charge in [-0.1, -0.05) is 20.8 Å². The molecule has 0 aromatic carbocycles. The highest BCUT2D eigenvalue weighted by molar-refractivity contribution is 5.82. The van der Waals surface area contributed by atoms with Crippen LogP contribution in [-0.2, 0) is 38.3 Å². The molecule has 1 atom stereocenters. The lowest BCUT2D eigenvalue weighted by Gasteiger charge is -2.33. The Hall–Kier alpha value is -3.71. The molecule has 1 saturated heterocycles. The number of carboxylic acid groups (broad SMARTS) is 3. The van der Waals surface area contributed by atoms with Gasteiger partial charge in [0.15, 0.2) is 0 Å². The van der Waals surface area contributed by atoms with Crippen molar-refractivity contribution in [1.82, 2.24) is 35.6 Å².